The maximum absolute atomic E-state index is 11.0. The molecule has 3 aromatic rings. The molecule has 1 N–H and O–H groups in total. The van der Waals surface area contributed by atoms with Gasteiger partial charge in [0.05, 0.1) is 24.7 Å². The minimum absolute atomic E-state index is 0.0893. The Balaban J connectivity index is 1.78. The molecule has 1 heterocycles. The Labute approximate surface area is 146 Å². The van der Waals surface area contributed by atoms with Crippen LogP contribution < -0.4 is 10.1 Å². The molecule has 5 nitrogen and oxygen atoms in total. The van der Waals surface area contributed by atoms with Crippen molar-refractivity contribution in [2.75, 3.05) is 12.4 Å². The Bertz CT molecular complexity index is 878. The molecule has 25 heavy (non-hydrogen) atoms. The molecule has 0 aliphatic heterocycles. The van der Waals surface area contributed by atoms with E-state index in [1.54, 1.807) is 7.11 Å². The van der Waals surface area contributed by atoms with Crippen molar-refractivity contribution in [2.45, 2.75) is 6.92 Å². The van der Waals surface area contributed by atoms with Crippen molar-refractivity contribution in [3.63, 3.8) is 0 Å². The molecule has 0 saturated carbocycles. The molecule has 0 bridgehead atoms. The van der Waals surface area contributed by atoms with Crippen molar-refractivity contribution in [3.8, 4) is 11.4 Å². The summed E-state index contributed by atoms with van der Waals surface area (Å²) < 4.78 is 7.24. The molecule has 0 unspecified atom stereocenters. The third-order valence-corrected chi connectivity index (χ3v) is 3.66. The second kappa shape index (κ2) is 7.49. The van der Waals surface area contributed by atoms with Gasteiger partial charge in [-0.2, -0.15) is 0 Å². The summed E-state index contributed by atoms with van der Waals surface area (Å²) in [5.41, 5.74) is 3.58. The molecule has 0 radical (unpaired) electrons. The van der Waals surface area contributed by atoms with Crippen molar-refractivity contribution in [2.24, 2.45) is 4.99 Å². The zero-order chi connectivity index (χ0) is 17.6. The summed E-state index contributed by atoms with van der Waals surface area (Å²) in [5.74, 6) is 0.735. The molecule has 0 fully saturated rings. The third kappa shape index (κ3) is 4.14. The van der Waals surface area contributed by atoms with Gasteiger partial charge in [0.25, 0.3) is 0 Å². The fourth-order valence-electron chi connectivity index (χ4n) is 2.45. The normalized spacial score (nSPS) is 10.8. The van der Waals surface area contributed by atoms with Crippen LogP contribution in [0.25, 0.3) is 5.69 Å². The highest BCUT2D eigenvalue weighted by atomic mass is 16.5. The van der Waals surface area contributed by atoms with Gasteiger partial charge in [0.1, 0.15) is 5.75 Å². The summed E-state index contributed by atoms with van der Waals surface area (Å²) in [6.07, 6.45) is 3.81. The molecule has 0 aliphatic carbocycles. The Kier molecular flexibility index (Phi) is 4.95. The molecule has 2 aromatic carbocycles. The van der Waals surface area contributed by atoms with Gasteiger partial charge in [-0.05, 0) is 60.7 Å². The Morgan fingerprint density at radius 3 is 2.44 bits per heavy atom. The first-order chi connectivity index (χ1) is 12.2. The first-order valence-corrected chi connectivity index (χ1v) is 7.89. The van der Waals surface area contributed by atoms with Crippen LogP contribution in [0.15, 0.2) is 71.9 Å². The van der Waals surface area contributed by atoms with Crippen LogP contribution in [0.5, 0.6) is 5.75 Å². The van der Waals surface area contributed by atoms with Crippen LogP contribution in [0.2, 0.25) is 0 Å². The molecule has 0 atom stereocenters. The number of aromatic nitrogens is 1. The smallest absolute Gasteiger partial charge is 0.221 e. The summed E-state index contributed by atoms with van der Waals surface area (Å²) in [6, 6.07) is 19.2. The highest BCUT2D eigenvalue weighted by molar-refractivity contribution is 5.89. The van der Waals surface area contributed by atoms with Gasteiger partial charge >= 0.3 is 0 Å². The second-order valence-electron chi connectivity index (χ2n) is 5.49. The van der Waals surface area contributed by atoms with E-state index >= 15 is 0 Å². The minimum Gasteiger partial charge on any atom is -0.497 e. The third-order valence-electron chi connectivity index (χ3n) is 3.66. The maximum Gasteiger partial charge on any atom is 0.221 e. The lowest BCUT2D eigenvalue weighted by Gasteiger charge is -2.07. The van der Waals surface area contributed by atoms with E-state index in [4.69, 9.17) is 4.74 Å². The molecule has 0 aliphatic rings. The number of nitrogens with one attached hydrogen (secondary N) is 1. The molecule has 3 rings (SSSR count). The van der Waals surface area contributed by atoms with Crippen LogP contribution in [-0.4, -0.2) is 23.8 Å². The molecule has 5 heteroatoms. The number of aliphatic imine (C=N–C) groups is 1. The van der Waals surface area contributed by atoms with E-state index in [0.29, 0.717) is 0 Å². The van der Waals surface area contributed by atoms with Gasteiger partial charge in [-0.15, -0.1) is 0 Å². The zero-order valence-electron chi connectivity index (χ0n) is 14.1. The number of rotatable bonds is 5. The average molecular weight is 333 g/mol. The fourth-order valence-corrected chi connectivity index (χ4v) is 2.45. The molecular formula is C20H19N3O2. The van der Waals surface area contributed by atoms with Crippen LogP contribution in [0.3, 0.4) is 0 Å². The second-order valence-corrected chi connectivity index (χ2v) is 5.49. The number of hydrogen-bond donors (Lipinski definition) is 1. The molecule has 0 saturated heterocycles. The Morgan fingerprint density at radius 2 is 1.80 bits per heavy atom. The predicted molar refractivity (Wildman–Crippen MR) is 100 cm³/mol. The lowest BCUT2D eigenvalue weighted by atomic mass is 10.3. The first-order valence-electron chi connectivity index (χ1n) is 7.89. The van der Waals surface area contributed by atoms with E-state index in [2.05, 4.69) is 14.9 Å². The van der Waals surface area contributed by atoms with E-state index in [0.717, 1.165) is 28.5 Å². The Hall–Kier alpha value is -3.34. The summed E-state index contributed by atoms with van der Waals surface area (Å²) in [5, 5.41) is 2.74. The fraction of sp³-hybridized carbons (Fsp3) is 0.100. The van der Waals surface area contributed by atoms with Crippen molar-refractivity contribution >= 4 is 23.5 Å². The van der Waals surface area contributed by atoms with Gasteiger partial charge in [-0.1, -0.05) is 0 Å². The molecule has 0 spiro atoms. The monoisotopic (exact) mass is 333 g/mol. The number of methoxy groups -OCH3 is 1. The van der Waals surface area contributed by atoms with Crippen LogP contribution in [-0.2, 0) is 4.79 Å². The van der Waals surface area contributed by atoms with Crippen molar-refractivity contribution in [1.29, 1.82) is 0 Å². The number of benzene rings is 2. The number of carbonyl (C=O) groups excluding carboxylic acids is 1. The lowest BCUT2D eigenvalue weighted by Crippen LogP contribution is -2.04. The van der Waals surface area contributed by atoms with E-state index in [-0.39, 0.29) is 5.91 Å². The van der Waals surface area contributed by atoms with Crippen LogP contribution >= 0.6 is 0 Å². The van der Waals surface area contributed by atoms with E-state index in [1.165, 1.54) is 6.92 Å². The number of nitrogens with zero attached hydrogens (tertiary/aromatic N) is 2. The lowest BCUT2D eigenvalue weighted by molar-refractivity contribution is -0.114. The zero-order valence-corrected chi connectivity index (χ0v) is 14.1. The summed E-state index contributed by atoms with van der Waals surface area (Å²) in [7, 11) is 1.65. The number of carbonyl (C=O) groups is 1. The highest BCUT2D eigenvalue weighted by Crippen LogP contribution is 2.19. The predicted octanol–water partition coefficient (Wildman–Crippen LogP) is 4.19. The SMILES string of the molecule is COc1ccc(-n2cccc2C=Nc2ccc(NC(C)=O)cc2)cc1. The van der Waals surface area contributed by atoms with Gasteiger partial charge in [0.2, 0.25) is 5.91 Å². The van der Waals surface area contributed by atoms with Crippen LogP contribution in [0.4, 0.5) is 11.4 Å². The van der Waals surface area contributed by atoms with Gasteiger partial charge in [-0.3, -0.25) is 9.79 Å². The number of ether oxygens (including phenoxy) is 1. The van der Waals surface area contributed by atoms with E-state index < -0.39 is 0 Å². The number of anilines is 1. The first kappa shape index (κ1) is 16.5. The van der Waals surface area contributed by atoms with E-state index in [9.17, 15) is 4.79 Å². The Morgan fingerprint density at radius 1 is 1.08 bits per heavy atom. The van der Waals surface area contributed by atoms with Gasteiger partial charge in [0, 0.05) is 24.5 Å². The summed E-state index contributed by atoms with van der Waals surface area (Å²) >= 11 is 0. The quantitative estimate of drug-likeness (QED) is 0.712. The molecular weight excluding hydrogens is 314 g/mol. The number of amides is 1. The summed E-state index contributed by atoms with van der Waals surface area (Å²) in [6.45, 7) is 1.49. The van der Waals surface area contributed by atoms with Gasteiger partial charge in [-0.25, -0.2) is 0 Å². The minimum atomic E-state index is -0.0893. The van der Waals surface area contributed by atoms with Crippen molar-refractivity contribution in [1.82, 2.24) is 4.57 Å². The van der Waals surface area contributed by atoms with Gasteiger partial charge in [0.15, 0.2) is 0 Å². The maximum atomic E-state index is 11.0. The molecule has 126 valence electrons. The van der Waals surface area contributed by atoms with Crippen LogP contribution in [0.1, 0.15) is 12.6 Å². The average Bonchev–Trinajstić information content (AvgIpc) is 3.09. The van der Waals surface area contributed by atoms with Crippen molar-refractivity contribution in [3.05, 3.63) is 72.6 Å². The standard InChI is InChI=1S/C20H19N3O2/c1-15(24)22-17-7-5-16(6-8-17)21-14-19-4-3-13-23(19)18-9-11-20(25-2)12-10-18/h3-14H,1-2H3,(H,22,24). The molecule has 1 amide bonds. The summed E-state index contributed by atoms with van der Waals surface area (Å²) in [4.78, 5) is 15.5. The van der Waals surface area contributed by atoms with Gasteiger partial charge < -0.3 is 14.6 Å². The van der Waals surface area contributed by atoms with E-state index in [1.807, 2.05) is 73.1 Å². The van der Waals surface area contributed by atoms with Crippen LogP contribution in [0, 0.1) is 0 Å². The number of hydrogen-bond acceptors (Lipinski definition) is 3. The topological polar surface area (TPSA) is 55.6 Å². The highest BCUT2D eigenvalue weighted by Gasteiger charge is 2.02. The van der Waals surface area contributed by atoms with Crippen molar-refractivity contribution < 1.29 is 9.53 Å². The molecule has 1 aromatic heterocycles. The largest absolute Gasteiger partial charge is 0.497 e.